The standard InChI is InChI=1S/C22H25BrN2O5S/c1-3-21(27)25-11-9-15-13-16(23)14-19(22(15)25)31(28,29)12-10-20(26)24-17-7-5-6-8-18(17)30-4-2/h5-8,13-14H,3-4,9-12H2,1-2H3,(H,24,26). The number of anilines is 2. The summed E-state index contributed by atoms with van der Waals surface area (Å²) in [6.07, 6.45) is 0.667. The van der Waals surface area contributed by atoms with Gasteiger partial charge < -0.3 is 15.0 Å². The monoisotopic (exact) mass is 508 g/mol. The number of sulfone groups is 1. The van der Waals surface area contributed by atoms with E-state index in [0.29, 0.717) is 41.2 Å². The fourth-order valence-electron chi connectivity index (χ4n) is 3.55. The van der Waals surface area contributed by atoms with Crippen LogP contribution in [-0.2, 0) is 25.8 Å². The van der Waals surface area contributed by atoms with Crippen LogP contribution in [-0.4, -0.2) is 39.1 Å². The van der Waals surface area contributed by atoms with Gasteiger partial charge in [-0.15, -0.1) is 0 Å². The van der Waals surface area contributed by atoms with Crippen LogP contribution >= 0.6 is 15.9 Å². The van der Waals surface area contributed by atoms with Crippen LogP contribution in [0.4, 0.5) is 11.4 Å². The highest BCUT2D eigenvalue weighted by atomic mass is 79.9. The number of fused-ring (bicyclic) bond motifs is 1. The summed E-state index contributed by atoms with van der Waals surface area (Å²) in [5.74, 6) is -0.390. The number of hydrogen-bond acceptors (Lipinski definition) is 5. The first-order valence-corrected chi connectivity index (χ1v) is 12.6. The number of carbonyl (C=O) groups excluding carboxylic acids is 2. The number of halogens is 1. The van der Waals surface area contributed by atoms with E-state index in [1.165, 1.54) is 11.0 Å². The maximum Gasteiger partial charge on any atom is 0.226 e. The summed E-state index contributed by atoms with van der Waals surface area (Å²) in [4.78, 5) is 26.4. The minimum absolute atomic E-state index is 0.0821. The highest BCUT2D eigenvalue weighted by Crippen LogP contribution is 2.38. The van der Waals surface area contributed by atoms with Crippen molar-refractivity contribution in [3.8, 4) is 5.75 Å². The Labute approximate surface area is 190 Å². The zero-order valence-corrected chi connectivity index (χ0v) is 19.9. The Morgan fingerprint density at radius 3 is 2.65 bits per heavy atom. The van der Waals surface area contributed by atoms with Crippen molar-refractivity contribution in [1.29, 1.82) is 0 Å². The van der Waals surface area contributed by atoms with Gasteiger partial charge >= 0.3 is 0 Å². The van der Waals surface area contributed by atoms with Gasteiger partial charge in [0.2, 0.25) is 11.8 Å². The van der Waals surface area contributed by atoms with Crippen molar-refractivity contribution >= 4 is 49.0 Å². The molecule has 2 amide bonds. The van der Waals surface area contributed by atoms with E-state index in [9.17, 15) is 18.0 Å². The smallest absolute Gasteiger partial charge is 0.226 e. The zero-order chi connectivity index (χ0) is 22.6. The van der Waals surface area contributed by atoms with Crippen LogP contribution in [0.5, 0.6) is 5.75 Å². The van der Waals surface area contributed by atoms with E-state index in [0.717, 1.165) is 5.56 Å². The fraction of sp³-hybridized carbons (Fsp3) is 0.364. The molecule has 2 aromatic carbocycles. The van der Waals surface area contributed by atoms with E-state index < -0.39 is 15.7 Å². The SMILES string of the molecule is CCOc1ccccc1NC(=O)CCS(=O)(=O)c1cc(Br)cc2c1N(C(=O)CC)CC2. The first kappa shape index (κ1) is 23.3. The second-order valence-corrected chi connectivity index (χ2v) is 10.1. The van der Waals surface area contributed by atoms with Crippen molar-refractivity contribution in [2.45, 2.75) is 38.0 Å². The molecule has 1 aliphatic heterocycles. The first-order valence-electron chi connectivity index (χ1n) is 10.1. The number of hydrogen-bond donors (Lipinski definition) is 1. The van der Waals surface area contributed by atoms with Crippen LogP contribution in [0.25, 0.3) is 0 Å². The predicted octanol–water partition coefficient (Wildman–Crippen LogP) is 3.95. The third-order valence-corrected chi connectivity index (χ3v) is 7.17. The fourth-order valence-corrected chi connectivity index (χ4v) is 5.72. The average molecular weight is 509 g/mol. The molecule has 0 fully saturated rings. The molecule has 0 atom stereocenters. The highest BCUT2D eigenvalue weighted by molar-refractivity contribution is 9.10. The molecule has 1 heterocycles. The van der Waals surface area contributed by atoms with Crippen molar-refractivity contribution in [2.75, 3.05) is 29.1 Å². The van der Waals surface area contributed by atoms with Crippen LogP contribution in [0.15, 0.2) is 45.8 Å². The Morgan fingerprint density at radius 2 is 1.94 bits per heavy atom. The number of carbonyl (C=O) groups is 2. The molecule has 0 bridgehead atoms. The lowest BCUT2D eigenvalue weighted by Crippen LogP contribution is -2.29. The van der Waals surface area contributed by atoms with Gasteiger partial charge in [0.25, 0.3) is 0 Å². The van der Waals surface area contributed by atoms with E-state index in [2.05, 4.69) is 21.2 Å². The normalized spacial score (nSPS) is 13.1. The minimum atomic E-state index is -3.81. The van der Waals surface area contributed by atoms with Crippen molar-refractivity contribution in [1.82, 2.24) is 0 Å². The van der Waals surface area contributed by atoms with Crippen LogP contribution in [0.2, 0.25) is 0 Å². The van der Waals surface area contributed by atoms with Crippen molar-refractivity contribution < 1.29 is 22.7 Å². The van der Waals surface area contributed by atoms with Crippen molar-refractivity contribution in [2.24, 2.45) is 0 Å². The number of amides is 2. The zero-order valence-electron chi connectivity index (χ0n) is 17.5. The molecule has 0 saturated heterocycles. The third kappa shape index (κ3) is 5.27. The Bertz CT molecular complexity index is 1100. The van der Waals surface area contributed by atoms with Gasteiger partial charge in [-0.25, -0.2) is 8.42 Å². The molecule has 9 heteroatoms. The van der Waals surface area contributed by atoms with Crippen LogP contribution in [0.1, 0.15) is 32.3 Å². The molecule has 1 aliphatic rings. The molecule has 2 aromatic rings. The lowest BCUT2D eigenvalue weighted by Gasteiger charge is -2.20. The summed E-state index contributed by atoms with van der Waals surface area (Å²) in [7, 11) is -3.81. The van der Waals surface area contributed by atoms with Crippen LogP contribution in [0.3, 0.4) is 0 Å². The molecule has 7 nitrogen and oxygen atoms in total. The van der Waals surface area contributed by atoms with Crippen molar-refractivity contribution in [3.63, 3.8) is 0 Å². The highest BCUT2D eigenvalue weighted by Gasteiger charge is 2.32. The Balaban J connectivity index is 1.79. The van der Waals surface area contributed by atoms with E-state index in [1.807, 2.05) is 13.0 Å². The Kier molecular flexibility index (Phi) is 7.38. The molecule has 0 aromatic heterocycles. The molecular weight excluding hydrogens is 484 g/mol. The van der Waals surface area contributed by atoms with Gasteiger partial charge in [0.15, 0.2) is 9.84 Å². The molecule has 0 unspecified atom stereocenters. The molecule has 0 radical (unpaired) electrons. The van der Waals surface area contributed by atoms with Crippen LogP contribution < -0.4 is 15.0 Å². The predicted molar refractivity (Wildman–Crippen MR) is 123 cm³/mol. The van der Waals surface area contributed by atoms with E-state index >= 15 is 0 Å². The topological polar surface area (TPSA) is 92.8 Å². The molecule has 3 rings (SSSR count). The third-order valence-electron chi connectivity index (χ3n) is 4.99. The van der Waals surface area contributed by atoms with E-state index in [-0.39, 0.29) is 29.4 Å². The summed E-state index contributed by atoms with van der Waals surface area (Å²) in [6, 6.07) is 10.3. The summed E-state index contributed by atoms with van der Waals surface area (Å²) < 4.78 is 32.4. The second-order valence-electron chi connectivity index (χ2n) is 7.11. The summed E-state index contributed by atoms with van der Waals surface area (Å²) in [6.45, 7) is 4.49. The lowest BCUT2D eigenvalue weighted by molar-refractivity contribution is -0.118. The van der Waals surface area contributed by atoms with Gasteiger partial charge in [-0.1, -0.05) is 35.0 Å². The number of nitrogens with one attached hydrogen (secondary N) is 1. The van der Waals surface area contributed by atoms with Gasteiger partial charge in [0.05, 0.1) is 28.6 Å². The maximum atomic E-state index is 13.2. The quantitative estimate of drug-likeness (QED) is 0.582. The van der Waals surface area contributed by atoms with Gasteiger partial charge in [-0.2, -0.15) is 0 Å². The summed E-state index contributed by atoms with van der Waals surface area (Å²) in [5.41, 5.74) is 1.75. The summed E-state index contributed by atoms with van der Waals surface area (Å²) in [5, 5.41) is 2.72. The average Bonchev–Trinajstić information content (AvgIpc) is 3.16. The van der Waals surface area contributed by atoms with Gasteiger partial charge in [-0.3, -0.25) is 9.59 Å². The number of benzene rings is 2. The number of ether oxygens (including phenoxy) is 1. The molecule has 31 heavy (non-hydrogen) atoms. The lowest BCUT2D eigenvalue weighted by atomic mass is 10.2. The van der Waals surface area contributed by atoms with Gasteiger partial charge in [-0.05, 0) is 43.2 Å². The molecule has 0 saturated carbocycles. The number of para-hydroxylation sites is 2. The largest absolute Gasteiger partial charge is 0.492 e. The number of rotatable bonds is 8. The summed E-state index contributed by atoms with van der Waals surface area (Å²) >= 11 is 3.37. The second kappa shape index (κ2) is 9.82. The molecule has 1 N–H and O–H groups in total. The first-order chi connectivity index (χ1) is 14.8. The van der Waals surface area contributed by atoms with E-state index in [4.69, 9.17) is 4.74 Å². The van der Waals surface area contributed by atoms with Crippen LogP contribution in [0, 0.1) is 0 Å². The van der Waals surface area contributed by atoms with Gasteiger partial charge in [0, 0.05) is 23.9 Å². The maximum absolute atomic E-state index is 13.2. The molecule has 0 spiro atoms. The molecular formula is C22H25BrN2O5S. The molecule has 166 valence electrons. The van der Waals surface area contributed by atoms with E-state index in [1.54, 1.807) is 31.2 Å². The van der Waals surface area contributed by atoms with Gasteiger partial charge in [0.1, 0.15) is 5.75 Å². The molecule has 0 aliphatic carbocycles. The van der Waals surface area contributed by atoms with Crippen molar-refractivity contribution in [3.05, 3.63) is 46.4 Å². The Hall–Kier alpha value is -2.39. The minimum Gasteiger partial charge on any atom is -0.492 e. The number of nitrogens with zero attached hydrogens (tertiary/aromatic N) is 1. The Morgan fingerprint density at radius 1 is 1.19 bits per heavy atom.